The van der Waals surface area contributed by atoms with Gasteiger partial charge in [-0.05, 0) is 67.1 Å². The minimum atomic E-state index is -0.527. The van der Waals surface area contributed by atoms with Gasteiger partial charge in [0, 0.05) is 49.9 Å². The number of hydrogen-bond donors (Lipinski definition) is 1. The van der Waals surface area contributed by atoms with Gasteiger partial charge in [0.25, 0.3) is 0 Å². The van der Waals surface area contributed by atoms with Crippen LogP contribution in [0.15, 0.2) is 42.5 Å². The predicted octanol–water partition coefficient (Wildman–Crippen LogP) is 6.38. The van der Waals surface area contributed by atoms with Crippen molar-refractivity contribution in [3.63, 3.8) is 0 Å². The van der Waals surface area contributed by atoms with Crippen molar-refractivity contribution in [1.82, 2.24) is 4.90 Å². The Morgan fingerprint density at radius 1 is 1.06 bits per heavy atom. The van der Waals surface area contributed by atoms with Gasteiger partial charge in [-0.1, -0.05) is 39.8 Å². The van der Waals surface area contributed by atoms with Gasteiger partial charge in [-0.2, -0.15) is 0 Å². The number of rotatable bonds is 9. The highest BCUT2D eigenvalue weighted by Gasteiger charge is 2.36. The average Bonchev–Trinajstić information content (AvgIpc) is 3.03. The zero-order valence-electron chi connectivity index (χ0n) is 21.4. The fourth-order valence-electron chi connectivity index (χ4n) is 4.66. The fourth-order valence-corrected chi connectivity index (χ4v) is 4.66. The average molecular weight is 466 g/mol. The first-order valence-corrected chi connectivity index (χ1v) is 12.5. The second-order valence-corrected chi connectivity index (χ2v) is 9.55. The lowest BCUT2D eigenvalue weighted by molar-refractivity contribution is -0.131. The van der Waals surface area contributed by atoms with Crippen molar-refractivity contribution in [2.45, 2.75) is 71.8 Å². The molecule has 6 heteroatoms. The maximum atomic E-state index is 13.1. The first-order chi connectivity index (χ1) is 16.2. The molecule has 2 atom stereocenters. The third-order valence-electron chi connectivity index (χ3n) is 6.74. The number of carbonyl (C=O) groups is 2. The van der Waals surface area contributed by atoms with Crippen molar-refractivity contribution >= 4 is 23.4 Å². The number of ether oxygens (including phenoxy) is 1. The number of nitrogens with zero attached hydrogens (tertiary/aromatic N) is 2. The van der Waals surface area contributed by atoms with E-state index >= 15 is 0 Å². The molecule has 34 heavy (non-hydrogen) atoms. The van der Waals surface area contributed by atoms with Crippen LogP contribution in [-0.4, -0.2) is 43.1 Å². The lowest BCUT2D eigenvalue weighted by atomic mass is 9.91. The van der Waals surface area contributed by atoms with Crippen LogP contribution >= 0.6 is 0 Å². The molecule has 1 aliphatic rings. The predicted molar refractivity (Wildman–Crippen MR) is 139 cm³/mol. The van der Waals surface area contributed by atoms with Gasteiger partial charge in [0.2, 0.25) is 5.91 Å². The largest absolute Gasteiger partial charge is 0.417 e. The lowest BCUT2D eigenvalue weighted by Crippen LogP contribution is -2.35. The van der Waals surface area contributed by atoms with Crippen LogP contribution in [-0.2, 0) is 4.79 Å². The van der Waals surface area contributed by atoms with Gasteiger partial charge in [0.15, 0.2) is 0 Å². The Morgan fingerprint density at radius 2 is 1.71 bits per heavy atom. The van der Waals surface area contributed by atoms with E-state index in [0.717, 1.165) is 37.2 Å². The SMILES string of the molecule is CCCN(CCC)C(=O)CC1c2cc(OC(=O)Nc3ccc(C(C)C)cc3)ccc2N(C)C1C. The highest BCUT2D eigenvalue weighted by atomic mass is 16.6. The summed E-state index contributed by atoms with van der Waals surface area (Å²) in [4.78, 5) is 29.8. The number of amides is 2. The van der Waals surface area contributed by atoms with Gasteiger partial charge in [0.1, 0.15) is 5.75 Å². The van der Waals surface area contributed by atoms with Crippen molar-refractivity contribution in [2.75, 3.05) is 30.4 Å². The Labute approximate surface area is 204 Å². The van der Waals surface area contributed by atoms with E-state index in [1.165, 1.54) is 5.56 Å². The van der Waals surface area contributed by atoms with Crippen LogP contribution in [0.25, 0.3) is 0 Å². The quantitative estimate of drug-likeness (QED) is 0.467. The first-order valence-electron chi connectivity index (χ1n) is 12.5. The van der Waals surface area contributed by atoms with Crippen molar-refractivity contribution in [1.29, 1.82) is 0 Å². The second-order valence-electron chi connectivity index (χ2n) is 9.55. The standard InChI is InChI=1S/C28H39N3O3/c1-7-15-31(16-8-2)27(32)18-24-20(5)30(6)26-14-13-23(17-25(24)26)34-28(33)29-22-11-9-21(10-12-22)19(3)4/h9-14,17,19-20,24H,7-8,15-16,18H2,1-6H3,(H,29,33). The monoisotopic (exact) mass is 465 g/mol. The molecule has 0 saturated heterocycles. The second kappa shape index (κ2) is 11.4. The molecule has 2 aromatic carbocycles. The zero-order chi connectivity index (χ0) is 24.8. The zero-order valence-corrected chi connectivity index (χ0v) is 21.4. The number of nitrogens with one attached hydrogen (secondary N) is 1. The van der Waals surface area contributed by atoms with E-state index in [-0.39, 0.29) is 17.9 Å². The normalized spacial score (nSPS) is 17.0. The van der Waals surface area contributed by atoms with Gasteiger partial charge in [-0.15, -0.1) is 0 Å². The van der Waals surface area contributed by atoms with E-state index in [0.29, 0.717) is 23.8 Å². The van der Waals surface area contributed by atoms with Gasteiger partial charge in [-0.3, -0.25) is 10.1 Å². The van der Waals surface area contributed by atoms with E-state index < -0.39 is 6.09 Å². The summed E-state index contributed by atoms with van der Waals surface area (Å²) >= 11 is 0. The topological polar surface area (TPSA) is 61.9 Å². The van der Waals surface area contributed by atoms with E-state index in [4.69, 9.17) is 4.74 Å². The fraction of sp³-hybridized carbons (Fsp3) is 0.500. The van der Waals surface area contributed by atoms with E-state index in [1.54, 1.807) is 0 Å². The van der Waals surface area contributed by atoms with Crippen molar-refractivity contribution in [2.24, 2.45) is 0 Å². The lowest BCUT2D eigenvalue weighted by Gasteiger charge is -2.26. The summed E-state index contributed by atoms with van der Waals surface area (Å²) in [6.07, 6.45) is 1.84. The summed E-state index contributed by atoms with van der Waals surface area (Å²) in [6.45, 7) is 12.2. The molecule has 2 aromatic rings. The molecule has 0 fully saturated rings. The Bertz CT molecular complexity index is 981. The highest BCUT2D eigenvalue weighted by molar-refractivity contribution is 5.86. The minimum Gasteiger partial charge on any atom is -0.410 e. The van der Waals surface area contributed by atoms with Gasteiger partial charge < -0.3 is 14.5 Å². The molecule has 6 nitrogen and oxygen atoms in total. The number of carbonyl (C=O) groups excluding carboxylic acids is 2. The third kappa shape index (κ3) is 5.91. The smallest absolute Gasteiger partial charge is 0.410 e. The number of anilines is 2. The summed E-state index contributed by atoms with van der Waals surface area (Å²) in [5.74, 6) is 1.16. The van der Waals surface area contributed by atoms with Gasteiger partial charge >= 0.3 is 6.09 Å². The highest BCUT2D eigenvalue weighted by Crippen LogP contribution is 2.43. The van der Waals surface area contributed by atoms with Crippen molar-refractivity contribution < 1.29 is 14.3 Å². The van der Waals surface area contributed by atoms with Crippen LogP contribution in [0.3, 0.4) is 0 Å². The summed E-state index contributed by atoms with van der Waals surface area (Å²) < 4.78 is 5.61. The molecule has 1 heterocycles. The molecule has 0 aromatic heterocycles. The van der Waals surface area contributed by atoms with Crippen molar-refractivity contribution in [3.8, 4) is 5.75 Å². The number of benzene rings is 2. The molecule has 0 spiro atoms. The maximum Gasteiger partial charge on any atom is 0.417 e. The number of fused-ring (bicyclic) bond motifs is 1. The Balaban J connectivity index is 1.72. The molecule has 2 amide bonds. The number of likely N-dealkylation sites (N-methyl/N-ethyl adjacent to an activating group) is 1. The van der Waals surface area contributed by atoms with Crippen LogP contribution in [0.5, 0.6) is 5.75 Å². The summed E-state index contributed by atoms with van der Waals surface area (Å²) in [5, 5.41) is 2.80. The molecule has 3 rings (SSSR count). The molecule has 0 bridgehead atoms. The van der Waals surface area contributed by atoms with Crippen molar-refractivity contribution in [3.05, 3.63) is 53.6 Å². The van der Waals surface area contributed by atoms with Crippen LogP contribution in [0.2, 0.25) is 0 Å². The molecule has 0 saturated carbocycles. The van der Waals surface area contributed by atoms with E-state index in [2.05, 4.69) is 51.9 Å². The van der Waals surface area contributed by atoms with Crippen LogP contribution in [0.4, 0.5) is 16.2 Å². The molecular formula is C28H39N3O3. The first kappa shape index (κ1) is 25.6. The maximum absolute atomic E-state index is 13.1. The molecule has 1 aliphatic heterocycles. The Hall–Kier alpha value is -3.02. The molecular weight excluding hydrogens is 426 g/mol. The van der Waals surface area contributed by atoms with E-state index in [9.17, 15) is 9.59 Å². The van der Waals surface area contributed by atoms with Crippen LogP contribution in [0, 0.1) is 0 Å². The Morgan fingerprint density at radius 3 is 2.29 bits per heavy atom. The van der Waals surface area contributed by atoms with Crippen LogP contribution in [0.1, 0.15) is 76.8 Å². The van der Waals surface area contributed by atoms with E-state index in [1.807, 2.05) is 47.4 Å². The van der Waals surface area contributed by atoms with Crippen LogP contribution < -0.4 is 15.0 Å². The summed E-state index contributed by atoms with van der Waals surface area (Å²) in [7, 11) is 2.05. The molecule has 2 unspecified atom stereocenters. The summed E-state index contributed by atoms with van der Waals surface area (Å²) in [6, 6.07) is 13.7. The molecule has 0 radical (unpaired) electrons. The minimum absolute atomic E-state index is 0.0545. The van der Waals surface area contributed by atoms with Gasteiger partial charge in [-0.25, -0.2) is 4.79 Å². The Kier molecular flexibility index (Phi) is 8.59. The molecule has 1 N–H and O–H groups in total. The van der Waals surface area contributed by atoms with Gasteiger partial charge in [0.05, 0.1) is 0 Å². The number of hydrogen-bond acceptors (Lipinski definition) is 4. The molecule has 184 valence electrons. The molecule has 0 aliphatic carbocycles. The third-order valence-corrected chi connectivity index (χ3v) is 6.74. The summed E-state index contributed by atoms with van der Waals surface area (Å²) in [5.41, 5.74) is 4.05.